The lowest BCUT2D eigenvalue weighted by molar-refractivity contribution is 0.0971. The van der Waals surface area contributed by atoms with Crippen LogP contribution in [0.1, 0.15) is 44.4 Å². The topological polar surface area (TPSA) is 59.8 Å². The van der Waals surface area contributed by atoms with Crippen LogP contribution in [0.2, 0.25) is 0 Å². The van der Waals surface area contributed by atoms with Gasteiger partial charge in [0.05, 0.1) is 17.0 Å². The van der Waals surface area contributed by atoms with Gasteiger partial charge in [-0.1, -0.05) is 58.4 Å². The molecule has 38 heavy (non-hydrogen) atoms. The van der Waals surface area contributed by atoms with E-state index in [1.165, 1.54) is 0 Å². The maximum Gasteiger partial charge on any atom is 0.295 e. The van der Waals surface area contributed by atoms with Crippen LogP contribution in [0.4, 0.5) is 5.69 Å². The molecule has 6 heteroatoms. The first-order valence-corrected chi connectivity index (χ1v) is 13.1. The van der Waals surface area contributed by atoms with Gasteiger partial charge in [-0.15, -0.1) is 0 Å². The van der Waals surface area contributed by atoms with Crippen molar-refractivity contribution >= 4 is 38.5 Å². The maximum absolute atomic E-state index is 13.9. The van der Waals surface area contributed by atoms with Gasteiger partial charge in [-0.05, 0) is 84.6 Å². The van der Waals surface area contributed by atoms with Gasteiger partial charge < -0.3 is 9.15 Å². The fraction of sp³-hybridized carbons (Fsp3) is 0.125. The van der Waals surface area contributed by atoms with E-state index in [0.717, 1.165) is 26.7 Å². The SMILES string of the molecule is Cc1cc2oc3c(c(=O)c2cc1C)C(c1ccc(OCc2ccccc2)cc1)N(c1ccc(Br)cc1)C3=O. The van der Waals surface area contributed by atoms with E-state index in [9.17, 15) is 9.59 Å². The molecule has 1 unspecified atom stereocenters. The highest BCUT2D eigenvalue weighted by Crippen LogP contribution is 2.42. The zero-order valence-corrected chi connectivity index (χ0v) is 22.5. The van der Waals surface area contributed by atoms with E-state index in [2.05, 4.69) is 15.9 Å². The first kappa shape index (κ1) is 24.2. The number of ether oxygens (including phenoxy) is 1. The zero-order chi connectivity index (χ0) is 26.4. The highest BCUT2D eigenvalue weighted by Gasteiger charge is 2.43. The van der Waals surface area contributed by atoms with Gasteiger partial charge in [-0.3, -0.25) is 14.5 Å². The van der Waals surface area contributed by atoms with E-state index in [4.69, 9.17) is 9.15 Å². The normalized spacial score (nSPS) is 14.7. The number of hydrogen-bond donors (Lipinski definition) is 0. The number of anilines is 1. The van der Waals surface area contributed by atoms with Crippen molar-refractivity contribution in [3.63, 3.8) is 0 Å². The van der Waals surface area contributed by atoms with Gasteiger partial charge in [0.15, 0.2) is 5.43 Å². The Morgan fingerprint density at radius 2 is 1.55 bits per heavy atom. The highest BCUT2D eigenvalue weighted by atomic mass is 79.9. The van der Waals surface area contributed by atoms with Gasteiger partial charge in [0.2, 0.25) is 5.76 Å². The summed E-state index contributed by atoms with van der Waals surface area (Å²) in [5.74, 6) is 0.450. The summed E-state index contributed by atoms with van der Waals surface area (Å²) in [7, 11) is 0. The number of fused-ring (bicyclic) bond motifs is 2. The van der Waals surface area contributed by atoms with Crippen LogP contribution in [0.3, 0.4) is 0 Å². The molecule has 6 rings (SSSR count). The average Bonchev–Trinajstić information content (AvgIpc) is 3.22. The molecule has 5 aromatic rings. The number of benzene rings is 4. The quantitative estimate of drug-likeness (QED) is 0.221. The Kier molecular flexibility index (Phi) is 6.12. The molecule has 1 aliphatic rings. The third kappa shape index (κ3) is 4.21. The Morgan fingerprint density at radius 1 is 0.868 bits per heavy atom. The molecule has 5 nitrogen and oxygen atoms in total. The molecule has 0 spiro atoms. The molecule has 0 aliphatic carbocycles. The monoisotopic (exact) mass is 565 g/mol. The van der Waals surface area contributed by atoms with Crippen molar-refractivity contribution in [2.45, 2.75) is 26.5 Å². The van der Waals surface area contributed by atoms with Crippen molar-refractivity contribution in [1.82, 2.24) is 0 Å². The second kappa shape index (κ2) is 9.62. The molecule has 0 N–H and O–H groups in total. The smallest absolute Gasteiger partial charge is 0.295 e. The maximum atomic E-state index is 13.9. The Bertz CT molecular complexity index is 1730. The summed E-state index contributed by atoms with van der Waals surface area (Å²) in [6.45, 7) is 4.37. The van der Waals surface area contributed by atoms with Crippen molar-refractivity contribution in [2.24, 2.45) is 0 Å². The number of nitrogens with zero attached hydrogens (tertiary/aromatic N) is 1. The van der Waals surface area contributed by atoms with Gasteiger partial charge in [0.1, 0.15) is 17.9 Å². The summed E-state index contributed by atoms with van der Waals surface area (Å²) in [6, 6.07) is 28.0. The van der Waals surface area contributed by atoms with Crippen LogP contribution < -0.4 is 15.1 Å². The van der Waals surface area contributed by atoms with E-state index >= 15 is 0 Å². The van der Waals surface area contributed by atoms with Gasteiger partial charge in [-0.25, -0.2) is 0 Å². The van der Waals surface area contributed by atoms with Crippen molar-refractivity contribution in [1.29, 1.82) is 0 Å². The number of amides is 1. The molecule has 188 valence electrons. The zero-order valence-electron chi connectivity index (χ0n) is 20.9. The van der Waals surface area contributed by atoms with Crippen LogP contribution in [-0.2, 0) is 6.61 Å². The lowest BCUT2D eigenvalue weighted by Gasteiger charge is -2.25. The number of carbonyl (C=O) groups excluding carboxylic acids is 1. The number of rotatable bonds is 5. The molecule has 1 atom stereocenters. The molecular weight excluding hydrogens is 542 g/mol. The van der Waals surface area contributed by atoms with Crippen molar-refractivity contribution in [3.8, 4) is 5.75 Å². The molecule has 4 aromatic carbocycles. The molecule has 2 heterocycles. The summed E-state index contributed by atoms with van der Waals surface area (Å²) >= 11 is 3.47. The Hall–Kier alpha value is -4.16. The first-order valence-electron chi connectivity index (χ1n) is 12.3. The lowest BCUT2D eigenvalue weighted by atomic mass is 9.97. The molecule has 1 amide bonds. The van der Waals surface area contributed by atoms with Crippen LogP contribution in [0.5, 0.6) is 5.75 Å². The molecule has 0 bridgehead atoms. The van der Waals surface area contributed by atoms with Crippen LogP contribution in [0.25, 0.3) is 11.0 Å². The van der Waals surface area contributed by atoms with Crippen LogP contribution >= 0.6 is 15.9 Å². The predicted octanol–water partition coefficient (Wildman–Crippen LogP) is 7.50. The Morgan fingerprint density at radius 3 is 2.26 bits per heavy atom. The largest absolute Gasteiger partial charge is 0.489 e. The first-order chi connectivity index (χ1) is 18.4. The van der Waals surface area contributed by atoms with E-state index in [1.807, 2.05) is 105 Å². The molecule has 1 aromatic heterocycles. The lowest BCUT2D eigenvalue weighted by Crippen LogP contribution is -2.29. The van der Waals surface area contributed by atoms with Gasteiger partial charge >= 0.3 is 0 Å². The van der Waals surface area contributed by atoms with Crippen molar-refractivity contribution < 1.29 is 13.9 Å². The van der Waals surface area contributed by atoms with E-state index < -0.39 is 6.04 Å². The number of hydrogen-bond acceptors (Lipinski definition) is 4. The summed E-state index contributed by atoms with van der Waals surface area (Å²) < 4.78 is 13.0. The van der Waals surface area contributed by atoms with E-state index in [-0.39, 0.29) is 17.1 Å². The minimum atomic E-state index is -0.635. The van der Waals surface area contributed by atoms with Gasteiger partial charge in [-0.2, -0.15) is 0 Å². The number of aryl methyl sites for hydroxylation is 2. The Labute approximate surface area is 228 Å². The molecule has 0 saturated heterocycles. The second-order valence-electron chi connectivity index (χ2n) is 9.50. The predicted molar refractivity (Wildman–Crippen MR) is 152 cm³/mol. The second-order valence-corrected chi connectivity index (χ2v) is 10.4. The van der Waals surface area contributed by atoms with Crippen LogP contribution in [-0.4, -0.2) is 5.91 Å². The third-order valence-electron chi connectivity index (χ3n) is 7.04. The summed E-state index contributed by atoms with van der Waals surface area (Å²) in [4.78, 5) is 29.3. The fourth-order valence-corrected chi connectivity index (χ4v) is 5.16. The number of carbonyl (C=O) groups is 1. The van der Waals surface area contributed by atoms with E-state index in [0.29, 0.717) is 34.6 Å². The number of halogens is 1. The van der Waals surface area contributed by atoms with Crippen LogP contribution in [0, 0.1) is 13.8 Å². The Balaban J connectivity index is 1.46. The summed E-state index contributed by atoms with van der Waals surface area (Å²) in [5, 5.41) is 0.477. The highest BCUT2D eigenvalue weighted by molar-refractivity contribution is 9.10. The fourth-order valence-electron chi connectivity index (χ4n) is 4.90. The molecule has 1 aliphatic heterocycles. The molecule has 0 fully saturated rings. The molecular formula is C32H24BrNO4. The minimum absolute atomic E-state index is 0.0862. The molecule has 0 saturated carbocycles. The van der Waals surface area contributed by atoms with Crippen LogP contribution in [0.15, 0.2) is 105 Å². The van der Waals surface area contributed by atoms with Gasteiger partial charge in [0.25, 0.3) is 5.91 Å². The van der Waals surface area contributed by atoms with E-state index in [1.54, 1.807) is 4.90 Å². The summed E-state index contributed by atoms with van der Waals surface area (Å²) in [6.07, 6.45) is 0. The third-order valence-corrected chi connectivity index (χ3v) is 7.56. The minimum Gasteiger partial charge on any atom is -0.489 e. The van der Waals surface area contributed by atoms with Crippen molar-refractivity contribution in [2.75, 3.05) is 4.90 Å². The summed E-state index contributed by atoms with van der Waals surface area (Å²) in [5.41, 5.74) is 5.12. The van der Waals surface area contributed by atoms with Crippen molar-refractivity contribution in [3.05, 3.63) is 139 Å². The van der Waals surface area contributed by atoms with Gasteiger partial charge in [0, 0.05) is 10.2 Å². The standard InChI is InChI=1S/C32H24BrNO4/c1-19-16-26-27(17-20(19)2)38-31-28(30(26)35)29(34(32(31)36)24-12-10-23(33)11-13-24)22-8-14-25(15-9-22)37-18-21-6-4-3-5-7-21/h3-17,29H,18H2,1-2H3. The average molecular weight is 566 g/mol. The molecule has 0 radical (unpaired) electrons.